The maximum atomic E-state index is 12.8. The van der Waals surface area contributed by atoms with E-state index in [-0.39, 0.29) is 5.91 Å². The molecule has 0 aliphatic carbocycles. The number of rotatable bonds is 3. The van der Waals surface area contributed by atoms with Crippen molar-refractivity contribution in [1.29, 1.82) is 0 Å². The van der Waals surface area contributed by atoms with Crippen LogP contribution in [0.5, 0.6) is 0 Å². The summed E-state index contributed by atoms with van der Waals surface area (Å²) >= 11 is 0. The van der Waals surface area contributed by atoms with Crippen molar-refractivity contribution in [1.82, 2.24) is 10.8 Å². The van der Waals surface area contributed by atoms with Gasteiger partial charge in [-0.05, 0) is 17.7 Å². The molecule has 1 atom stereocenters. The first-order chi connectivity index (χ1) is 8.75. The average molecular weight is 268 g/mol. The lowest BCUT2D eigenvalue weighted by atomic mass is 9.94. The van der Waals surface area contributed by atoms with Crippen LogP contribution in [0.1, 0.15) is 32.4 Å². The highest BCUT2D eigenvalue weighted by molar-refractivity contribution is 5.89. The number of amides is 2. The third-order valence-corrected chi connectivity index (χ3v) is 2.53. The molecule has 2 amide bonds. The molecule has 1 aromatic rings. The van der Waals surface area contributed by atoms with Crippen LogP contribution >= 0.6 is 0 Å². The molecule has 0 aromatic heterocycles. The van der Waals surface area contributed by atoms with Crippen LogP contribution in [-0.2, 0) is 9.59 Å². The highest BCUT2D eigenvalue weighted by atomic mass is 19.1. The summed E-state index contributed by atoms with van der Waals surface area (Å²) in [5.74, 6) is -1.59. The molecule has 1 aromatic carbocycles. The number of carbonyl (C=O) groups excluding carboxylic acids is 2. The minimum absolute atomic E-state index is 0.356. The van der Waals surface area contributed by atoms with Crippen LogP contribution in [0.3, 0.4) is 0 Å². The fraction of sp³-hybridized carbons (Fsp3) is 0.385. The summed E-state index contributed by atoms with van der Waals surface area (Å²) in [6, 6.07) is 4.03. The van der Waals surface area contributed by atoms with E-state index in [9.17, 15) is 14.0 Å². The highest BCUT2D eigenvalue weighted by Crippen LogP contribution is 2.18. The molecule has 0 spiro atoms. The van der Waals surface area contributed by atoms with E-state index < -0.39 is 23.2 Å². The largest absolute Gasteiger partial charge is 0.340 e. The van der Waals surface area contributed by atoms with Gasteiger partial charge < -0.3 is 5.32 Å². The summed E-state index contributed by atoms with van der Waals surface area (Å²) in [6.45, 7) is 5.09. The van der Waals surface area contributed by atoms with Crippen molar-refractivity contribution in [2.24, 2.45) is 5.41 Å². The predicted molar refractivity (Wildman–Crippen MR) is 66.7 cm³/mol. The summed E-state index contributed by atoms with van der Waals surface area (Å²) in [6.07, 6.45) is 0. The molecule has 0 aliphatic heterocycles. The Morgan fingerprint density at radius 3 is 2.16 bits per heavy atom. The van der Waals surface area contributed by atoms with Crippen LogP contribution in [-0.4, -0.2) is 17.0 Å². The van der Waals surface area contributed by atoms with Crippen molar-refractivity contribution in [2.75, 3.05) is 0 Å². The second kappa shape index (κ2) is 5.79. The highest BCUT2D eigenvalue weighted by Gasteiger charge is 2.28. The van der Waals surface area contributed by atoms with Gasteiger partial charge >= 0.3 is 0 Å². The number of halogens is 1. The Bertz CT molecular complexity index is 466. The van der Waals surface area contributed by atoms with Crippen molar-refractivity contribution < 1.29 is 19.2 Å². The number of carbonyl (C=O) groups is 2. The van der Waals surface area contributed by atoms with Gasteiger partial charge in [0.15, 0.2) is 0 Å². The molecule has 0 bridgehead atoms. The molecule has 0 radical (unpaired) electrons. The first kappa shape index (κ1) is 15.1. The Kier molecular flexibility index (Phi) is 4.61. The SMILES string of the molecule is CC(C)(C)C(=O)NC(C(=O)NO)c1ccc(F)cc1. The molecule has 0 saturated carbocycles. The van der Waals surface area contributed by atoms with E-state index in [0.29, 0.717) is 5.56 Å². The molecule has 104 valence electrons. The van der Waals surface area contributed by atoms with Crippen LogP contribution < -0.4 is 10.8 Å². The van der Waals surface area contributed by atoms with Crippen molar-refractivity contribution in [2.45, 2.75) is 26.8 Å². The molecule has 19 heavy (non-hydrogen) atoms. The second-order valence-electron chi connectivity index (χ2n) is 5.18. The average Bonchev–Trinajstić information content (AvgIpc) is 2.35. The minimum atomic E-state index is -1.07. The third kappa shape index (κ3) is 4.03. The summed E-state index contributed by atoms with van der Waals surface area (Å²) in [4.78, 5) is 23.5. The molecule has 0 aliphatic rings. The molecular weight excluding hydrogens is 251 g/mol. The maximum Gasteiger partial charge on any atom is 0.270 e. The molecule has 1 unspecified atom stereocenters. The van der Waals surface area contributed by atoms with Gasteiger partial charge in [-0.25, -0.2) is 9.87 Å². The number of hydrogen-bond acceptors (Lipinski definition) is 3. The van der Waals surface area contributed by atoms with Gasteiger partial charge in [0.25, 0.3) is 5.91 Å². The summed E-state index contributed by atoms with van der Waals surface area (Å²) in [5, 5.41) is 11.2. The number of benzene rings is 1. The zero-order valence-corrected chi connectivity index (χ0v) is 11.0. The van der Waals surface area contributed by atoms with Crippen LogP contribution in [0.2, 0.25) is 0 Å². The van der Waals surface area contributed by atoms with E-state index in [4.69, 9.17) is 5.21 Å². The van der Waals surface area contributed by atoms with Gasteiger partial charge in [0, 0.05) is 5.41 Å². The maximum absolute atomic E-state index is 12.8. The summed E-state index contributed by atoms with van der Waals surface area (Å²) < 4.78 is 12.8. The smallest absolute Gasteiger partial charge is 0.270 e. The van der Waals surface area contributed by atoms with Gasteiger partial charge in [-0.3, -0.25) is 14.8 Å². The Morgan fingerprint density at radius 1 is 1.21 bits per heavy atom. The third-order valence-electron chi connectivity index (χ3n) is 2.53. The van der Waals surface area contributed by atoms with E-state index in [0.717, 1.165) is 0 Å². The fourth-order valence-electron chi connectivity index (χ4n) is 1.37. The molecular formula is C13H17FN2O3. The zero-order chi connectivity index (χ0) is 14.6. The van der Waals surface area contributed by atoms with Crippen molar-refractivity contribution in [3.63, 3.8) is 0 Å². The standard InChI is InChI=1S/C13H17FN2O3/c1-13(2,3)12(18)15-10(11(17)16-19)8-4-6-9(14)7-5-8/h4-7,10,19H,1-3H3,(H,15,18)(H,16,17). The lowest BCUT2D eigenvalue weighted by molar-refractivity contribution is -0.137. The molecule has 0 heterocycles. The Balaban J connectivity index is 2.99. The van der Waals surface area contributed by atoms with Crippen LogP contribution in [0.15, 0.2) is 24.3 Å². The Morgan fingerprint density at radius 2 is 1.74 bits per heavy atom. The van der Waals surface area contributed by atoms with Gasteiger partial charge in [-0.1, -0.05) is 32.9 Å². The lowest BCUT2D eigenvalue weighted by Crippen LogP contribution is -2.43. The van der Waals surface area contributed by atoms with Gasteiger partial charge in [-0.2, -0.15) is 0 Å². The normalized spacial score (nSPS) is 12.7. The Labute approximate surface area is 110 Å². The summed E-state index contributed by atoms with van der Waals surface area (Å²) in [5.41, 5.74) is 1.18. The van der Waals surface area contributed by atoms with Crippen molar-refractivity contribution >= 4 is 11.8 Å². The van der Waals surface area contributed by atoms with Crippen LogP contribution in [0.25, 0.3) is 0 Å². The van der Waals surface area contributed by atoms with Crippen LogP contribution in [0.4, 0.5) is 4.39 Å². The number of hydroxylamine groups is 1. The number of hydrogen-bond donors (Lipinski definition) is 3. The topological polar surface area (TPSA) is 78.4 Å². The molecule has 3 N–H and O–H groups in total. The van der Waals surface area contributed by atoms with E-state index in [1.165, 1.54) is 29.7 Å². The molecule has 1 rings (SSSR count). The molecule has 0 fully saturated rings. The van der Waals surface area contributed by atoms with E-state index in [1.807, 2.05) is 0 Å². The van der Waals surface area contributed by atoms with E-state index >= 15 is 0 Å². The predicted octanol–water partition coefficient (Wildman–Crippen LogP) is 1.53. The van der Waals surface area contributed by atoms with Gasteiger partial charge in [0.05, 0.1) is 0 Å². The van der Waals surface area contributed by atoms with Gasteiger partial charge in [0.1, 0.15) is 11.9 Å². The summed E-state index contributed by atoms with van der Waals surface area (Å²) in [7, 11) is 0. The first-order valence-electron chi connectivity index (χ1n) is 5.76. The minimum Gasteiger partial charge on any atom is -0.340 e. The van der Waals surface area contributed by atoms with Crippen molar-refractivity contribution in [3.8, 4) is 0 Å². The Hall–Kier alpha value is -1.95. The first-order valence-corrected chi connectivity index (χ1v) is 5.76. The molecule has 0 saturated heterocycles. The van der Waals surface area contributed by atoms with Crippen LogP contribution in [0, 0.1) is 11.2 Å². The lowest BCUT2D eigenvalue weighted by Gasteiger charge is -2.23. The quantitative estimate of drug-likeness (QED) is 0.574. The fourth-order valence-corrected chi connectivity index (χ4v) is 1.37. The second-order valence-corrected chi connectivity index (χ2v) is 5.18. The van der Waals surface area contributed by atoms with Gasteiger partial charge in [-0.15, -0.1) is 0 Å². The van der Waals surface area contributed by atoms with Gasteiger partial charge in [0.2, 0.25) is 5.91 Å². The molecule has 6 heteroatoms. The number of nitrogens with one attached hydrogen (secondary N) is 2. The van der Waals surface area contributed by atoms with E-state index in [2.05, 4.69) is 5.32 Å². The molecule has 5 nitrogen and oxygen atoms in total. The zero-order valence-electron chi connectivity index (χ0n) is 11.0. The monoisotopic (exact) mass is 268 g/mol. The van der Waals surface area contributed by atoms with Crippen molar-refractivity contribution in [3.05, 3.63) is 35.6 Å². The van der Waals surface area contributed by atoms with E-state index in [1.54, 1.807) is 20.8 Å².